The van der Waals surface area contributed by atoms with E-state index in [1.165, 1.54) is 0 Å². The van der Waals surface area contributed by atoms with Gasteiger partial charge < -0.3 is 15.2 Å². The van der Waals surface area contributed by atoms with Crippen molar-refractivity contribution >= 4 is 29.2 Å². The molecule has 0 aliphatic carbocycles. The molecule has 0 fully saturated rings. The van der Waals surface area contributed by atoms with Crippen LogP contribution >= 0.6 is 11.6 Å². The highest BCUT2D eigenvalue weighted by Gasteiger charge is 2.10. The molecular weight excluding hydrogens is 258 g/mol. The third kappa shape index (κ3) is 4.35. The van der Waals surface area contributed by atoms with Crippen LogP contribution in [0.1, 0.15) is 11.1 Å². The molecule has 1 aromatic rings. The molecule has 0 unspecified atom stereocenters. The van der Waals surface area contributed by atoms with Crippen molar-refractivity contribution in [1.82, 2.24) is 0 Å². The minimum absolute atomic E-state index is 0.323. The fourth-order valence-corrected chi connectivity index (χ4v) is 1.85. The highest BCUT2D eigenvalue weighted by molar-refractivity contribution is 6.34. The van der Waals surface area contributed by atoms with E-state index < -0.39 is 18.5 Å². The number of carboxylic acids is 1. The molecule has 1 aromatic carbocycles. The number of carbonyl (C=O) groups excluding carboxylic acids is 1. The number of anilines is 1. The zero-order valence-corrected chi connectivity index (χ0v) is 10.9. The molecule has 0 aliphatic rings. The minimum atomic E-state index is -1.12. The molecule has 0 aromatic heterocycles. The van der Waals surface area contributed by atoms with Crippen LogP contribution in [-0.4, -0.2) is 30.2 Å². The van der Waals surface area contributed by atoms with E-state index in [9.17, 15) is 9.59 Å². The van der Waals surface area contributed by atoms with E-state index in [-0.39, 0.29) is 6.61 Å². The summed E-state index contributed by atoms with van der Waals surface area (Å²) in [5.41, 5.74) is 2.36. The molecule has 0 heterocycles. The van der Waals surface area contributed by atoms with Gasteiger partial charge in [0.05, 0.1) is 10.7 Å². The molecule has 2 N–H and O–H groups in total. The molecule has 0 bridgehead atoms. The quantitative estimate of drug-likeness (QED) is 0.859. The smallest absolute Gasteiger partial charge is 0.329 e. The Bertz CT molecular complexity index is 450. The van der Waals surface area contributed by atoms with Crippen molar-refractivity contribution in [3.8, 4) is 0 Å². The minimum Gasteiger partial charge on any atom is -0.480 e. The van der Waals surface area contributed by atoms with E-state index in [0.29, 0.717) is 10.7 Å². The van der Waals surface area contributed by atoms with Crippen LogP contribution in [0, 0.1) is 13.8 Å². The third-order valence-electron chi connectivity index (χ3n) is 2.15. The first-order valence-electron chi connectivity index (χ1n) is 5.26. The summed E-state index contributed by atoms with van der Waals surface area (Å²) in [6, 6.07) is 3.63. The highest BCUT2D eigenvalue weighted by Crippen LogP contribution is 2.27. The maximum Gasteiger partial charge on any atom is 0.329 e. The van der Waals surface area contributed by atoms with Crippen LogP contribution in [0.2, 0.25) is 5.02 Å². The van der Waals surface area contributed by atoms with Gasteiger partial charge >= 0.3 is 5.97 Å². The maximum atomic E-state index is 11.5. The SMILES string of the molecule is Cc1cc(C)c(NC(=O)COCC(=O)O)c(Cl)c1. The van der Waals surface area contributed by atoms with E-state index in [2.05, 4.69) is 10.1 Å². The van der Waals surface area contributed by atoms with Crippen molar-refractivity contribution < 1.29 is 19.4 Å². The van der Waals surface area contributed by atoms with Crippen LogP contribution < -0.4 is 5.32 Å². The van der Waals surface area contributed by atoms with Gasteiger partial charge in [-0.1, -0.05) is 17.7 Å². The van der Waals surface area contributed by atoms with Gasteiger partial charge in [0, 0.05) is 0 Å². The number of nitrogens with one attached hydrogen (secondary N) is 1. The number of ether oxygens (including phenoxy) is 1. The van der Waals surface area contributed by atoms with Gasteiger partial charge in [0.25, 0.3) is 0 Å². The number of halogens is 1. The van der Waals surface area contributed by atoms with E-state index in [1.54, 1.807) is 6.07 Å². The number of hydrogen-bond acceptors (Lipinski definition) is 3. The number of aryl methyl sites for hydroxylation is 2. The number of hydrogen-bond donors (Lipinski definition) is 2. The number of amides is 1. The van der Waals surface area contributed by atoms with Crippen LogP contribution in [0.25, 0.3) is 0 Å². The van der Waals surface area contributed by atoms with Gasteiger partial charge in [0.1, 0.15) is 13.2 Å². The van der Waals surface area contributed by atoms with Crippen molar-refractivity contribution in [2.45, 2.75) is 13.8 Å². The topological polar surface area (TPSA) is 75.6 Å². The second-order valence-electron chi connectivity index (χ2n) is 3.87. The molecule has 98 valence electrons. The number of carbonyl (C=O) groups is 2. The Balaban J connectivity index is 2.62. The molecule has 5 nitrogen and oxygen atoms in total. The van der Waals surface area contributed by atoms with Crippen LogP contribution in [0.5, 0.6) is 0 Å². The molecule has 0 atom stereocenters. The second-order valence-corrected chi connectivity index (χ2v) is 4.28. The molecule has 0 radical (unpaired) electrons. The first-order chi connectivity index (χ1) is 8.40. The number of rotatable bonds is 5. The first kappa shape index (κ1) is 14.5. The fraction of sp³-hybridized carbons (Fsp3) is 0.333. The Hall–Kier alpha value is -1.59. The lowest BCUT2D eigenvalue weighted by molar-refractivity contribution is -0.143. The fourth-order valence-electron chi connectivity index (χ4n) is 1.48. The van der Waals surface area contributed by atoms with Crippen LogP contribution in [0.15, 0.2) is 12.1 Å². The van der Waals surface area contributed by atoms with E-state index in [4.69, 9.17) is 16.7 Å². The molecule has 1 amide bonds. The Morgan fingerprint density at radius 2 is 2.00 bits per heavy atom. The molecule has 18 heavy (non-hydrogen) atoms. The maximum absolute atomic E-state index is 11.5. The summed E-state index contributed by atoms with van der Waals surface area (Å²) in [7, 11) is 0. The average Bonchev–Trinajstić information content (AvgIpc) is 2.22. The third-order valence-corrected chi connectivity index (χ3v) is 2.45. The van der Waals surface area contributed by atoms with E-state index in [0.717, 1.165) is 11.1 Å². The average molecular weight is 272 g/mol. The lowest BCUT2D eigenvalue weighted by Gasteiger charge is -2.11. The van der Waals surface area contributed by atoms with Gasteiger partial charge in [-0.3, -0.25) is 4.79 Å². The molecule has 6 heteroatoms. The van der Waals surface area contributed by atoms with Crippen molar-refractivity contribution in [3.63, 3.8) is 0 Å². The van der Waals surface area contributed by atoms with Crippen molar-refractivity contribution in [3.05, 3.63) is 28.3 Å². The summed E-state index contributed by atoms with van der Waals surface area (Å²) >= 11 is 6.01. The Morgan fingerprint density at radius 3 is 2.56 bits per heavy atom. The summed E-state index contributed by atoms with van der Waals surface area (Å²) in [6.45, 7) is 2.90. The number of aliphatic carboxylic acids is 1. The zero-order valence-electron chi connectivity index (χ0n) is 10.1. The van der Waals surface area contributed by atoms with Gasteiger partial charge in [-0.2, -0.15) is 0 Å². The monoisotopic (exact) mass is 271 g/mol. The Morgan fingerprint density at radius 1 is 1.33 bits per heavy atom. The van der Waals surface area contributed by atoms with Crippen LogP contribution in [0.4, 0.5) is 5.69 Å². The van der Waals surface area contributed by atoms with Crippen molar-refractivity contribution in [2.24, 2.45) is 0 Å². The second kappa shape index (κ2) is 6.37. The lowest BCUT2D eigenvalue weighted by Crippen LogP contribution is -2.21. The van der Waals surface area contributed by atoms with Gasteiger partial charge in [-0.05, 0) is 31.0 Å². The van der Waals surface area contributed by atoms with Gasteiger partial charge in [-0.15, -0.1) is 0 Å². The summed E-state index contributed by atoms with van der Waals surface area (Å²) in [4.78, 5) is 21.7. The van der Waals surface area contributed by atoms with Crippen molar-refractivity contribution in [1.29, 1.82) is 0 Å². The molecule has 1 rings (SSSR count). The summed E-state index contributed by atoms with van der Waals surface area (Å²) in [6.07, 6.45) is 0. The standard InChI is InChI=1S/C12H14ClNO4/c1-7-3-8(2)12(9(13)4-7)14-10(15)5-18-6-11(16)17/h3-4H,5-6H2,1-2H3,(H,14,15)(H,16,17). The van der Waals surface area contributed by atoms with Crippen LogP contribution in [0.3, 0.4) is 0 Å². The van der Waals surface area contributed by atoms with E-state index >= 15 is 0 Å². The van der Waals surface area contributed by atoms with Crippen LogP contribution in [-0.2, 0) is 14.3 Å². The highest BCUT2D eigenvalue weighted by atomic mass is 35.5. The zero-order chi connectivity index (χ0) is 13.7. The predicted octanol–water partition coefficient (Wildman–Crippen LogP) is 2.00. The molecule has 0 spiro atoms. The number of benzene rings is 1. The molecular formula is C12H14ClNO4. The van der Waals surface area contributed by atoms with Gasteiger partial charge in [-0.25, -0.2) is 4.79 Å². The molecule has 0 saturated heterocycles. The Labute approximate surface area is 110 Å². The summed E-state index contributed by atoms with van der Waals surface area (Å²) in [5, 5.41) is 11.4. The lowest BCUT2D eigenvalue weighted by atomic mass is 10.1. The molecule has 0 aliphatic heterocycles. The van der Waals surface area contributed by atoms with E-state index in [1.807, 2.05) is 19.9 Å². The Kier molecular flexibility index (Phi) is 5.12. The summed E-state index contributed by atoms with van der Waals surface area (Å²) in [5.74, 6) is -1.56. The van der Waals surface area contributed by atoms with Gasteiger partial charge in [0.2, 0.25) is 5.91 Å². The summed E-state index contributed by atoms with van der Waals surface area (Å²) < 4.78 is 4.68. The first-order valence-corrected chi connectivity index (χ1v) is 5.64. The van der Waals surface area contributed by atoms with Crippen molar-refractivity contribution in [2.75, 3.05) is 18.5 Å². The predicted molar refractivity (Wildman–Crippen MR) is 68.0 cm³/mol. The largest absolute Gasteiger partial charge is 0.480 e. The normalized spacial score (nSPS) is 10.2. The van der Waals surface area contributed by atoms with Gasteiger partial charge in [0.15, 0.2) is 0 Å². The number of carboxylic acid groups (broad SMARTS) is 1. The molecule has 0 saturated carbocycles.